The van der Waals surface area contributed by atoms with E-state index in [2.05, 4.69) is 5.32 Å². The average molecular weight is 265 g/mol. The lowest BCUT2D eigenvalue weighted by Gasteiger charge is -2.20. The van der Waals surface area contributed by atoms with Gasteiger partial charge < -0.3 is 10.4 Å². The third kappa shape index (κ3) is 3.26. The van der Waals surface area contributed by atoms with Gasteiger partial charge in [0, 0.05) is 5.69 Å². The summed E-state index contributed by atoms with van der Waals surface area (Å²) < 4.78 is 0. The van der Waals surface area contributed by atoms with Crippen LogP contribution in [0, 0.1) is 0 Å². The molecular formula is C13H15NO3S. The summed E-state index contributed by atoms with van der Waals surface area (Å²) in [4.78, 5) is 22.8. The number of nitrogens with one attached hydrogen (secondary N) is 1. The summed E-state index contributed by atoms with van der Waals surface area (Å²) >= 11 is 1.67. The molecule has 1 fully saturated rings. The van der Waals surface area contributed by atoms with Gasteiger partial charge in [-0.05, 0) is 36.8 Å². The van der Waals surface area contributed by atoms with Crippen LogP contribution in [0.5, 0.6) is 0 Å². The molecule has 1 aliphatic heterocycles. The van der Waals surface area contributed by atoms with Crippen LogP contribution in [-0.2, 0) is 4.79 Å². The summed E-state index contributed by atoms with van der Waals surface area (Å²) in [6, 6.07) is 6.33. The minimum Gasteiger partial charge on any atom is -0.478 e. The Kier molecular flexibility index (Phi) is 4.25. The standard InChI is InChI=1S/C13H15NO3S/c15-12(11-6-1-2-7-18-11)14-10-5-3-4-9(8-10)13(16)17/h3-5,8,11H,1-2,6-7H2,(H,14,15)(H,16,17). The van der Waals surface area contributed by atoms with E-state index in [1.807, 2.05) is 0 Å². The maximum atomic E-state index is 12.0. The van der Waals surface area contributed by atoms with Gasteiger partial charge in [0.05, 0.1) is 10.8 Å². The van der Waals surface area contributed by atoms with Gasteiger partial charge >= 0.3 is 5.97 Å². The van der Waals surface area contributed by atoms with E-state index in [9.17, 15) is 9.59 Å². The molecule has 0 spiro atoms. The molecule has 1 aromatic carbocycles. The van der Waals surface area contributed by atoms with Gasteiger partial charge in [-0.1, -0.05) is 12.5 Å². The van der Waals surface area contributed by atoms with E-state index < -0.39 is 5.97 Å². The SMILES string of the molecule is O=C(O)c1cccc(NC(=O)C2CCCCS2)c1. The third-order valence-corrected chi connectivity index (χ3v) is 4.23. The molecule has 0 saturated carbocycles. The second-order valence-electron chi connectivity index (χ2n) is 4.23. The Morgan fingerprint density at radius 3 is 2.83 bits per heavy atom. The van der Waals surface area contributed by atoms with Gasteiger partial charge in [0.25, 0.3) is 0 Å². The second kappa shape index (κ2) is 5.91. The second-order valence-corrected chi connectivity index (χ2v) is 5.54. The molecule has 1 aliphatic rings. The maximum Gasteiger partial charge on any atom is 0.335 e. The average Bonchev–Trinajstić information content (AvgIpc) is 2.40. The third-order valence-electron chi connectivity index (χ3n) is 2.85. The maximum absolute atomic E-state index is 12.0. The molecule has 0 aromatic heterocycles. The molecule has 1 atom stereocenters. The molecule has 2 N–H and O–H groups in total. The number of carboxylic acid groups (broad SMARTS) is 1. The highest BCUT2D eigenvalue weighted by molar-refractivity contribution is 8.00. The minimum atomic E-state index is -0.988. The lowest BCUT2D eigenvalue weighted by Crippen LogP contribution is -2.27. The highest BCUT2D eigenvalue weighted by Crippen LogP contribution is 2.26. The highest BCUT2D eigenvalue weighted by Gasteiger charge is 2.21. The molecule has 1 amide bonds. The molecule has 2 rings (SSSR count). The molecule has 1 heterocycles. The molecule has 5 heteroatoms. The molecule has 96 valence electrons. The zero-order chi connectivity index (χ0) is 13.0. The Balaban J connectivity index is 2.02. The van der Waals surface area contributed by atoms with Crippen LogP contribution in [0.15, 0.2) is 24.3 Å². The zero-order valence-electron chi connectivity index (χ0n) is 9.89. The number of rotatable bonds is 3. The highest BCUT2D eigenvalue weighted by atomic mass is 32.2. The van der Waals surface area contributed by atoms with E-state index in [1.165, 1.54) is 18.6 Å². The fraction of sp³-hybridized carbons (Fsp3) is 0.385. The van der Waals surface area contributed by atoms with Crippen molar-refractivity contribution in [3.8, 4) is 0 Å². The number of carbonyl (C=O) groups is 2. The summed E-state index contributed by atoms with van der Waals surface area (Å²) in [5, 5.41) is 11.7. The van der Waals surface area contributed by atoms with Crippen molar-refractivity contribution >= 4 is 29.3 Å². The van der Waals surface area contributed by atoms with Crippen molar-refractivity contribution in [2.75, 3.05) is 11.1 Å². The molecular weight excluding hydrogens is 250 g/mol. The predicted molar refractivity (Wildman–Crippen MR) is 72.1 cm³/mol. The predicted octanol–water partition coefficient (Wildman–Crippen LogP) is 2.61. The number of benzene rings is 1. The summed E-state index contributed by atoms with van der Waals surface area (Å²) in [5.74, 6) is 0.00755. The van der Waals surface area contributed by atoms with E-state index in [0.717, 1.165) is 18.6 Å². The Morgan fingerprint density at radius 2 is 2.17 bits per heavy atom. The lowest BCUT2D eigenvalue weighted by molar-refractivity contribution is -0.115. The van der Waals surface area contributed by atoms with Crippen molar-refractivity contribution in [1.82, 2.24) is 0 Å². The van der Waals surface area contributed by atoms with Crippen molar-refractivity contribution in [2.45, 2.75) is 24.5 Å². The normalized spacial score (nSPS) is 19.2. The number of hydrogen-bond acceptors (Lipinski definition) is 3. The molecule has 0 aliphatic carbocycles. The van der Waals surface area contributed by atoms with E-state index in [-0.39, 0.29) is 16.7 Å². The first-order valence-corrected chi connectivity index (χ1v) is 6.97. The number of amides is 1. The van der Waals surface area contributed by atoms with Gasteiger partial charge in [-0.3, -0.25) is 4.79 Å². The Morgan fingerprint density at radius 1 is 1.33 bits per heavy atom. The van der Waals surface area contributed by atoms with Crippen molar-refractivity contribution in [3.63, 3.8) is 0 Å². The quantitative estimate of drug-likeness (QED) is 0.881. The first-order chi connectivity index (χ1) is 8.66. The van der Waals surface area contributed by atoms with Gasteiger partial charge in [-0.15, -0.1) is 11.8 Å². The molecule has 1 aromatic rings. The molecule has 1 saturated heterocycles. The fourth-order valence-corrected chi connectivity index (χ4v) is 3.10. The Bertz CT molecular complexity index is 455. The van der Waals surface area contributed by atoms with Crippen molar-refractivity contribution < 1.29 is 14.7 Å². The number of aromatic carboxylic acids is 1. The molecule has 4 nitrogen and oxygen atoms in total. The molecule has 0 radical (unpaired) electrons. The van der Waals surface area contributed by atoms with Crippen LogP contribution in [0.3, 0.4) is 0 Å². The topological polar surface area (TPSA) is 66.4 Å². The summed E-state index contributed by atoms with van der Waals surface area (Å²) in [6.45, 7) is 0. The summed E-state index contributed by atoms with van der Waals surface area (Å²) in [5.41, 5.74) is 0.732. The van der Waals surface area contributed by atoms with Gasteiger partial charge in [0.15, 0.2) is 0 Å². The summed E-state index contributed by atoms with van der Waals surface area (Å²) in [6.07, 6.45) is 3.15. The number of anilines is 1. The van der Waals surface area contributed by atoms with Crippen LogP contribution < -0.4 is 5.32 Å². The van der Waals surface area contributed by atoms with Gasteiger partial charge in [0.1, 0.15) is 0 Å². The molecule has 18 heavy (non-hydrogen) atoms. The van der Waals surface area contributed by atoms with E-state index in [4.69, 9.17) is 5.11 Å². The van der Waals surface area contributed by atoms with E-state index in [0.29, 0.717) is 5.69 Å². The molecule has 1 unspecified atom stereocenters. The largest absolute Gasteiger partial charge is 0.478 e. The van der Waals surface area contributed by atoms with Crippen LogP contribution in [0.1, 0.15) is 29.6 Å². The van der Waals surface area contributed by atoms with Crippen LogP contribution >= 0.6 is 11.8 Å². The lowest BCUT2D eigenvalue weighted by atomic mass is 10.1. The van der Waals surface area contributed by atoms with Gasteiger partial charge in [0.2, 0.25) is 5.91 Å². The minimum absolute atomic E-state index is 0.00719. The summed E-state index contributed by atoms with van der Waals surface area (Å²) in [7, 11) is 0. The smallest absolute Gasteiger partial charge is 0.335 e. The first kappa shape index (κ1) is 13.0. The zero-order valence-corrected chi connectivity index (χ0v) is 10.7. The van der Waals surface area contributed by atoms with Gasteiger partial charge in [-0.2, -0.15) is 0 Å². The number of carboxylic acids is 1. The van der Waals surface area contributed by atoms with Gasteiger partial charge in [-0.25, -0.2) is 4.79 Å². The Labute approximate surface area is 110 Å². The van der Waals surface area contributed by atoms with E-state index in [1.54, 1.807) is 23.9 Å². The van der Waals surface area contributed by atoms with Crippen LogP contribution in [0.4, 0.5) is 5.69 Å². The van der Waals surface area contributed by atoms with Crippen LogP contribution in [-0.4, -0.2) is 28.0 Å². The molecule has 0 bridgehead atoms. The monoisotopic (exact) mass is 265 g/mol. The first-order valence-electron chi connectivity index (χ1n) is 5.92. The number of hydrogen-bond donors (Lipinski definition) is 2. The number of thioether (sulfide) groups is 1. The fourth-order valence-electron chi connectivity index (χ4n) is 1.90. The van der Waals surface area contributed by atoms with Crippen molar-refractivity contribution in [1.29, 1.82) is 0 Å². The van der Waals surface area contributed by atoms with Crippen LogP contribution in [0.2, 0.25) is 0 Å². The van der Waals surface area contributed by atoms with Crippen molar-refractivity contribution in [2.24, 2.45) is 0 Å². The number of carbonyl (C=O) groups excluding carboxylic acids is 1. The van der Waals surface area contributed by atoms with Crippen LogP contribution in [0.25, 0.3) is 0 Å². The van der Waals surface area contributed by atoms with E-state index >= 15 is 0 Å². The Hall–Kier alpha value is -1.49. The van der Waals surface area contributed by atoms with Crippen molar-refractivity contribution in [3.05, 3.63) is 29.8 Å².